The minimum atomic E-state index is -0.677. The van der Waals surface area contributed by atoms with E-state index in [0.29, 0.717) is 0 Å². The molecule has 0 N–H and O–H groups in total. The summed E-state index contributed by atoms with van der Waals surface area (Å²) in [4.78, 5) is 11.0. The second-order valence-electron chi connectivity index (χ2n) is 4.65. The van der Waals surface area contributed by atoms with Crippen molar-refractivity contribution in [2.24, 2.45) is 0 Å². The Bertz CT molecular complexity index is 350. The third-order valence-corrected chi connectivity index (χ3v) is 2.92. The molecular weight excluding hydrogens is 240 g/mol. The Labute approximate surface area is 106 Å². The fraction of sp³-hybridized carbons (Fsp3) is 0.750. The van der Waals surface area contributed by atoms with Crippen molar-refractivity contribution in [2.45, 2.75) is 44.2 Å². The molecule has 0 aliphatic carbocycles. The Morgan fingerprint density at radius 3 is 2.61 bits per heavy atom. The molecule has 2 heterocycles. The third kappa shape index (κ3) is 2.56. The summed E-state index contributed by atoms with van der Waals surface area (Å²) in [5.41, 5.74) is 0. The van der Waals surface area contributed by atoms with Gasteiger partial charge in [-0.15, -0.1) is 0 Å². The highest BCUT2D eigenvalue weighted by molar-refractivity contribution is 5.81. The van der Waals surface area contributed by atoms with Gasteiger partial charge in [-0.25, -0.2) is 4.79 Å². The first-order valence-electron chi connectivity index (χ1n) is 5.77. The number of carbonyl (C=O) groups excluding carboxylic acids is 1. The van der Waals surface area contributed by atoms with Gasteiger partial charge in [0.1, 0.15) is 18.3 Å². The molecule has 0 bridgehead atoms. The number of hydrogen-bond acceptors (Lipinski definition) is 6. The second-order valence-corrected chi connectivity index (χ2v) is 4.65. The van der Waals surface area contributed by atoms with Gasteiger partial charge in [0.15, 0.2) is 12.1 Å². The molecular formula is C12H18O6. The van der Waals surface area contributed by atoms with Crippen LogP contribution in [0.3, 0.4) is 0 Å². The van der Waals surface area contributed by atoms with Gasteiger partial charge in [-0.3, -0.25) is 0 Å². The highest BCUT2D eigenvalue weighted by Gasteiger charge is 2.54. The van der Waals surface area contributed by atoms with Crippen LogP contribution in [0.2, 0.25) is 0 Å². The van der Waals surface area contributed by atoms with E-state index >= 15 is 0 Å². The predicted molar refractivity (Wildman–Crippen MR) is 60.7 cm³/mol. The Hall–Kier alpha value is -0.950. The van der Waals surface area contributed by atoms with E-state index in [4.69, 9.17) is 18.9 Å². The number of rotatable bonds is 3. The average Bonchev–Trinajstić information content (AvgIpc) is 2.76. The average molecular weight is 258 g/mol. The maximum atomic E-state index is 11.0. The van der Waals surface area contributed by atoms with Gasteiger partial charge in [0, 0.05) is 13.2 Å². The van der Waals surface area contributed by atoms with E-state index in [1.165, 1.54) is 13.2 Å². The first-order chi connectivity index (χ1) is 8.46. The normalized spacial score (nSPS) is 38.0. The van der Waals surface area contributed by atoms with Crippen LogP contribution in [0.5, 0.6) is 0 Å². The Morgan fingerprint density at radius 1 is 1.28 bits per heavy atom. The first kappa shape index (κ1) is 13.5. The highest BCUT2D eigenvalue weighted by Crippen LogP contribution is 2.38. The lowest BCUT2D eigenvalue weighted by molar-refractivity contribution is -0.210. The van der Waals surface area contributed by atoms with E-state index in [1.807, 2.05) is 13.8 Å². The molecule has 2 saturated heterocycles. The SMILES string of the molecule is COC(=O)/C=C/[C@H]1O[C@@H]2OC(C)(C)O[C@@H]2[C@@H]1OC. The van der Waals surface area contributed by atoms with Crippen LogP contribution in [0.15, 0.2) is 12.2 Å². The quantitative estimate of drug-likeness (QED) is 0.546. The van der Waals surface area contributed by atoms with Crippen LogP contribution in [-0.2, 0) is 28.5 Å². The molecule has 0 unspecified atom stereocenters. The highest BCUT2D eigenvalue weighted by atomic mass is 16.8. The lowest BCUT2D eigenvalue weighted by atomic mass is 10.1. The summed E-state index contributed by atoms with van der Waals surface area (Å²) in [5.74, 6) is -1.11. The molecule has 0 amide bonds. The topological polar surface area (TPSA) is 63.2 Å². The van der Waals surface area contributed by atoms with Gasteiger partial charge < -0.3 is 23.7 Å². The molecule has 2 aliphatic heterocycles. The molecule has 0 radical (unpaired) electrons. The van der Waals surface area contributed by atoms with Crippen molar-refractivity contribution in [2.75, 3.05) is 14.2 Å². The molecule has 0 aromatic rings. The zero-order valence-corrected chi connectivity index (χ0v) is 10.9. The predicted octanol–water partition coefficient (Wildman–Crippen LogP) is 0.607. The number of carbonyl (C=O) groups is 1. The summed E-state index contributed by atoms with van der Waals surface area (Å²) in [5, 5.41) is 0. The largest absolute Gasteiger partial charge is 0.466 e. The molecule has 2 rings (SSSR count). The molecule has 6 nitrogen and oxygen atoms in total. The number of fused-ring (bicyclic) bond motifs is 1. The number of methoxy groups -OCH3 is 2. The summed E-state index contributed by atoms with van der Waals surface area (Å²) in [6.45, 7) is 3.64. The molecule has 6 heteroatoms. The van der Waals surface area contributed by atoms with Gasteiger partial charge in [0.25, 0.3) is 0 Å². The minimum absolute atomic E-state index is 0.294. The van der Waals surface area contributed by atoms with E-state index in [2.05, 4.69) is 4.74 Å². The number of ether oxygens (including phenoxy) is 5. The van der Waals surface area contributed by atoms with Gasteiger partial charge in [0.05, 0.1) is 7.11 Å². The Morgan fingerprint density at radius 2 is 2.00 bits per heavy atom. The number of hydrogen-bond donors (Lipinski definition) is 0. The van der Waals surface area contributed by atoms with Crippen LogP contribution >= 0.6 is 0 Å². The third-order valence-electron chi connectivity index (χ3n) is 2.92. The lowest BCUT2D eigenvalue weighted by Crippen LogP contribution is -2.35. The van der Waals surface area contributed by atoms with Crippen molar-refractivity contribution in [3.05, 3.63) is 12.2 Å². The molecule has 102 valence electrons. The summed E-state index contributed by atoms with van der Waals surface area (Å²) >= 11 is 0. The van der Waals surface area contributed by atoms with Crippen molar-refractivity contribution in [3.8, 4) is 0 Å². The van der Waals surface area contributed by atoms with Crippen LogP contribution in [0.25, 0.3) is 0 Å². The van der Waals surface area contributed by atoms with Gasteiger partial charge in [-0.1, -0.05) is 0 Å². The summed E-state index contributed by atoms with van der Waals surface area (Å²) in [6, 6.07) is 0. The molecule has 2 fully saturated rings. The molecule has 0 saturated carbocycles. The lowest BCUT2D eigenvalue weighted by Gasteiger charge is -2.23. The Kier molecular flexibility index (Phi) is 3.72. The molecule has 0 aromatic heterocycles. The molecule has 0 spiro atoms. The fourth-order valence-electron chi connectivity index (χ4n) is 2.17. The summed E-state index contributed by atoms with van der Waals surface area (Å²) in [7, 11) is 2.89. The van der Waals surface area contributed by atoms with Gasteiger partial charge in [-0.2, -0.15) is 0 Å². The van der Waals surface area contributed by atoms with Gasteiger partial charge in [0.2, 0.25) is 0 Å². The van der Waals surface area contributed by atoms with Crippen LogP contribution < -0.4 is 0 Å². The van der Waals surface area contributed by atoms with E-state index in [1.54, 1.807) is 13.2 Å². The van der Waals surface area contributed by atoms with E-state index in [0.717, 1.165) is 0 Å². The maximum Gasteiger partial charge on any atom is 0.330 e. The fourth-order valence-corrected chi connectivity index (χ4v) is 2.17. The minimum Gasteiger partial charge on any atom is -0.466 e. The second kappa shape index (κ2) is 4.97. The van der Waals surface area contributed by atoms with Crippen molar-refractivity contribution in [3.63, 3.8) is 0 Å². The van der Waals surface area contributed by atoms with Crippen LogP contribution in [-0.4, -0.2) is 50.6 Å². The number of esters is 1. The smallest absolute Gasteiger partial charge is 0.330 e. The van der Waals surface area contributed by atoms with E-state index < -0.39 is 18.0 Å². The standard InChI is InChI=1S/C12H18O6/c1-12(2)17-10-9(15-4)7(16-11(10)18-12)5-6-8(13)14-3/h5-7,9-11H,1-4H3/b6-5+/t7-,9-,10-,11-/m1/s1. The maximum absolute atomic E-state index is 11.0. The summed E-state index contributed by atoms with van der Waals surface area (Å²) in [6.07, 6.45) is 1.44. The Balaban J connectivity index is 2.04. The van der Waals surface area contributed by atoms with Crippen molar-refractivity contribution < 1.29 is 28.5 Å². The monoisotopic (exact) mass is 258 g/mol. The van der Waals surface area contributed by atoms with Gasteiger partial charge in [-0.05, 0) is 19.9 Å². The summed E-state index contributed by atoms with van der Waals surface area (Å²) < 4.78 is 26.8. The van der Waals surface area contributed by atoms with Crippen molar-refractivity contribution in [1.29, 1.82) is 0 Å². The first-order valence-corrected chi connectivity index (χ1v) is 5.77. The van der Waals surface area contributed by atoms with E-state index in [-0.39, 0.29) is 18.3 Å². The van der Waals surface area contributed by atoms with Crippen LogP contribution in [0.1, 0.15) is 13.8 Å². The van der Waals surface area contributed by atoms with Crippen molar-refractivity contribution in [1.82, 2.24) is 0 Å². The van der Waals surface area contributed by atoms with Crippen LogP contribution in [0.4, 0.5) is 0 Å². The molecule has 4 atom stereocenters. The zero-order chi connectivity index (χ0) is 13.3. The van der Waals surface area contributed by atoms with Crippen molar-refractivity contribution >= 4 is 5.97 Å². The zero-order valence-electron chi connectivity index (χ0n) is 10.9. The molecule has 18 heavy (non-hydrogen) atoms. The molecule has 0 aromatic carbocycles. The molecule has 2 aliphatic rings. The van der Waals surface area contributed by atoms with Gasteiger partial charge >= 0.3 is 5.97 Å². The van der Waals surface area contributed by atoms with Crippen LogP contribution in [0, 0.1) is 0 Å². The van der Waals surface area contributed by atoms with E-state index in [9.17, 15) is 4.79 Å².